The lowest BCUT2D eigenvalue weighted by atomic mass is 10.2. The van der Waals surface area contributed by atoms with Crippen molar-refractivity contribution in [3.63, 3.8) is 0 Å². The highest BCUT2D eigenvalue weighted by Crippen LogP contribution is 2.17. The number of aliphatic hydroxyl groups is 1. The molecule has 0 saturated heterocycles. The number of nitrogens with zero attached hydrogens (tertiary/aromatic N) is 1. The summed E-state index contributed by atoms with van der Waals surface area (Å²) in [6.45, 7) is 0.310. The molecule has 20 heavy (non-hydrogen) atoms. The maximum Gasteiger partial charge on any atom is 0.420 e. The van der Waals surface area contributed by atoms with E-state index in [1.807, 2.05) is 18.2 Å². The number of aliphatic hydroxyl groups excluding tert-OH is 1. The minimum Gasteiger partial charge on any atom is -0.408 e. The maximum absolute atomic E-state index is 11.9. The molecular formula is C15H12ClNO3. The van der Waals surface area contributed by atoms with E-state index in [1.165, 1.54) is 0 Å². The Morgan fingerprint density at radius 3 is 2.75 bits per heavy atom. The maximum atomic E-state index is 11.9. The summed E-state index contributed by atoms with van der Waals surface area (Å²) in [4.78, 5) is 11.9. The molecule has 1 N–H and O–H groups in total. The lowest BCUT2D eigenvalue weighted by molar-refractivity contribution is 0.282. The third-order valence-corrected chi connectivity index (χ3v) is 3.38. The molecule has 0 aliphatic heterocycles. The number of rotatable bonds is 3. The van der Waals surface area contributed by atoms with E-state index in [0.29, 0.717) is 28.2 Å². The van der Waals surface area contributed by atoms with E-state index >= 15 is 0 Å². The Kier molecular flexibility index (Phi) is 3.34. The van der Waals surface area contributed by atoms with Crippen LogP contribution in [0, 0.1) is 0 Å². The van der Waals surface area contributed by atoms with E-state index in [0.717, 1.165) is 5.56 Å². The number of hydrogen-bond acceptors (Lipinski definition) is 3. The molecule has 1 aromatic heterocycles. The van der Waals surface area contributed by atoms with Gasteiger partial charge in [0.25, 0.3) is 0 Å². The molecule has 0 amide bonds. The zero-order valence-electron chi connectivity index (χ0n) is 10.5. The van der Waals surface area contributed by atoms with Gasteiger partial charge in [-0.05, 0) is 35.4 Å². The summed E-state index contributed by atoms with van der Waals surface area (Å²) in [5, 5.41) is 9.73. The van der Waals surface area contributed by atoms with Crippen LogP contribution in [-0.2, 0) is 13.2 Å². The molecule has 0 unspecified atom stereocenters. The van der Waals surface area contributed by atoms with Crippen molar-refractivity contribution in [1.82, 2.24) is 4.57 Å². The Bertz CT molecular complexity index is 819. The van der Waals surface area contributed by atoms with E-state index < -0.39 is 5.76 Å². The first-order valence-corrected chi connectivity index (χ1v) is 6.53. The van der Waals surface area contributed by atoms with Crippen LogP contribution in [0.25, 0.3) is 11.1 Å². The molecule has 4 nitrogen and oxygen atoms in total. The molecule has 0 aliphatic carbocycles. The summed E-state index contributed by atoms with van der Waals surface area (Å²) < 4.78 is 6.75. The van der Waals surface area contributed by atoms with Crippen molar-refractivity contribution in [3.05, 3.63) is 69.2 Å². The normalized spacial score (nSPS) is 11.1. The molecule has 3 rings (SSSR count). The predicted molar refractivity (Wildman–Crippen MR) is 77.0 cm³/mol. The van der Waals surface area contributed by atoms with Crippen LogP contribution in [0.2, 0.25) is 5.02 Å². The SMILES string of the molecule is O=c1oc2cc(CO)ccc2n1Cc1cccc(Cl)c1. The van der Waals surface area contributed by atoms with Gasteiger partial charge in [0.2, 0.25) is 0 Å². The fourth-order valence-electron chi connectivity index (χ4n) is 2.18. The average Bonchev–Trinajstić information content (AvgIpc) is 2.74. The van der Waals surface area contributed by atoms with Crippen LogP contribution in [0.4, 0.5) is 0 Å². The number of aromatic nitrogens is 1. The Labute approximate surface area is 119 Å². The van der Waals surface area contributed by atoms with Crippen molar-refractivity contribution in [2.75, 3.05) is 0 Å². The van der Waals surface area contributed by atoms with Crippen LogP contribution in [0.15, 0.2) is 51.7 Å². The van der Waals surface area contributed by atoms with E-state index in [2.05, 4.69) is 0 Å². The van der Waals surface area contributed by atoms with Crippen molar-refractivity contribution in [3.8, 4) is 0 Å². The highest BCUT2D eigenvalue weighted by molar-refractivity contribution is 6.30. The first kappa shape index (κ1) is 13.0. The van der Waals surface area contributed by atoms with E-state index in [1.54, 1.807) is 28.8 Å². The molecule has 3 aromatic rings. The largest absolute Gasteiger partial charge is 0.420 e. The van der Waals surface area contributed by atoms with Gasteiger partial charge in [0.1, 0.15) is 0 Å². The van der Waals surface area contributed by atoms with Gasteiger partial charge in [-0.2, -0.15) is 0 Å². The lowest BCUT2D eigenvalue weighted by Gasteiger charge is -2.03. The van der Waals surface area contributed by atoms with Crippen molar-refractivity contribution in [2.45, 2.75) is 13.2 Å². The number of hydrogen-bond donors (Lipinski definition) is 1. The van der Waals surface area contributed by atoms with Gasteiger partial charge in [0, 0.05) is 5.02 Å². The molecule has 1 heterocycles. The first-order valence-electron chi connectivity index (χ1n) is 6.15. The number of oxazole rings is 1. The smallest absolute Gasteiger partial charge is 0.408 e. The van der Waals surface area contributed by atoms with Crippen LogP contribution in [0.3, 0.4) is 0 Å². The molecule has 0 saturated carbocycles. The van der Waals surface area contributed by atoms with Crippen LogP contribution < -0.4 is 5.76 Å². The fourth-order valence-corrected chi connectivity index (χ4v) is 2.39. The summed E-state index contributed by atoms with van der Waals surface area (Å²) in [5.41, 5.74) is 2.81. The van der Waals surface area contributed by atoms with Gasteiger partial charge in [-0.1, -0.05) is 29.8 Å². The zero-order chi connectivity index (χ0) is 14.1. The van der Waals surface area contributed by atoms with Crippen molar-refractivity contribution in [2.24, 2.45) is 0 Å². The molecule has 0 aliphatic rings. The van der Waals surface area contributed by atoms with E-state index in [9.17, 15) is 4.79 Å². The van der Waals surface area contributed by atoms with Crippen LogP contribution in [0.1, 0.15) is 11.1 Å². The molecule has 0 spiro atoms. The fraction of sp³-hybridized carbons (Fsp3) is 0.133. The molecule has 5 heteroatoms. The molecule has 2 aromatic carbocycles. The number of halogens is 1. The Balaban J connectivity index is 2.07. The molecule has 0 fully saturated rings. The van der Waals surface area contributed by atoms with Gasteiger partial charge >= 0.3 is 5.76 Å². The zero-order valence-corrected chi connectivity index (χ0v) is 11.3. The molecular weight excluding hydrogens is 278 g/mol. The number of benzene rings is 2. The van der Waals surface area contributed by atoms with Crippen LogP contribution in [0.5, 0.6) is 0 Å². The van der Waals surface area contributed by atoms with Crippen molar-refractivity contribution >= 4 is 22.7 Å². The van der Waals surface area contributed by atoms with Gasteiger partial charge in [0.15, 0.2) is 5.58 Å². The van der Waals surface area contributed by atoms with Gasteiger partial charge in [-0.25, -0.2) is 4.79 Å². The van der Waals surface area contributed by atoms with Gasteiger partial charge < -0.3 is 9.52 Å². The van der Waals surface area contributed by atoms with E-state index in [4.69, 9.17) is 21.1 Å². The number of fused-ring (bicyclic) bond motifs is 1. The van der Waals surface area contributed by atoms with E-state index in [-0.39, 0.29) is 6.61 Å². The van der Waals surface area contributed by atoms with Gasteiger partial charge in [-0.15, -0.1) is 0 Å². The highest BCUT2D eigenvalue weighted by Gasteiger charge is 2.10. The Morgan fingerprint density at radius 2 is 2.00 bits per heavy atom. The Hall–Kier alpha value is -2.04. The summed E-state index contributed by atoms with van der Waals surface area (Å²) >= 11 is 5.94. The first-order chi connectivity index (χ1) is 9.67. The molecule has 102 valence electrons. The second kappa shape index (κ2) is 5.15. The summed E-state index contributed by atoms with van der Waals surface area (Å²) in [7, 11) is 0. The quantitative estimate of drug-likeness (QED) is 0.806. The van der Waals surface area contributed by atoms with Gasteiger partial charge in [0.05, 0.1) is 18.7 Å². The van der Waals surface area contributed by atoms with Gasteiger partial charge in [-0.3, -0.25) is 4.57 Å². The Morgan fingerprint density at radius 1 is 1.15 bits per heavy atom. The van der Waals surface area contributed by atoms with Crippen LogP contribution >= 0.6 is 11.6 Å². The third-order valence-electron chi connectivity index (χ3n) is 3.14. The standard InChI is InChI=1S/C15H12ClNO3/c16-12-3-1-2-10(6-12)8-17-13-5-4-11(9-18)7-14(13)20-15(17)19/h1-7,18H,8-9H2. The molecule has 0 radical (unpaired) electrons. The van der Waals surface area contributed by atoms with Crippen molar-refractivity contribution in [1.29, 1.82) is 0 Å². The summed E-state index contributed by atoms with van der Waals surface area (Å²) in [6.07, 6.45) is 0. The average molecular weight is 290 g/mol. The molecule has 0 bridgehead atoms. The summed E-state index contributed by atoms with van der Waals surface area (Å²) in [6, 6.07) is 12.6. The molecule has 0 atom stereocenters. The second-order valence-corrected chi connectivity index (χ2v) is 4.98. The topological polar surface area (TPSA) is 55.4 Å². The monoisotopic (exact) mass is 289 g/mol. The lowest BCUT2D eigenvalue weighted by Crippen LogP contribution is -2.14. The predicted octanol–water partition coefficient (Wildman–Crippen LogP) is 2.79. The van der Waals surface area contributed by atoms with Crippen molar-refractivity contribution < 1.29 is 9.52 Å². The minimum absolute atomic E-state index is 0.0842. The second-order valence-electron chi connectivity index (χ2n) is 4.54. The minimum atomic E-state index is -0.421. The third kappa shape index (κ3) is 2.35. The van der Waals surface area contributed by atoms with Crippen LogP contribution in [-0.4, -0.2) is 9.67 Å². The summed E-state index contributed by atoms with van der Waals surface area (Å²) in [5.74, 6) is -0.421. The highest BCUT2D eigenvalue weighted by atomic mass is 35.5.